The summed E-state index contributed by atoms with van der Waals surface area (Å²) in [7, 11) is 0. The van der Waals surface area contributed by atoms with E-state index >= 15 is 0 Å². The molecule has 2 aromatic carbocycles. The molecule has 0 radical (unpaired) electrons. The van der Waals surface area contributed by atoms with Gasteiger partial charge in [0.1, 0.15) is 12.6 Å². The van der Waals surface area contributed by atoms with Crippen LogP contribution in [-0.2, 0) is 38.8 Å². The van der Waals surface area contributed by atoms with Gasteiger partial charge in [-0.15, -0.1) is 0 Å². The summed E-state index contributed by atoms with van der Waals surface area (Å²) in [5, 5.41) is 8.13. The minimum atomic E-state index is -1.17. The van der Waals surface area contributed by atoms with Crippen LogP contribution >= 0.6 is 0 Å². The Morgan fingerprint density at radius 1 is 1.03 bits per heavy atom. The van der Waals surface area contributed by atoms with Gasteiger partial charge in [0.05, 0.1) is 25.1 Å². The zero-order chi connectivity index (χ0) is 26.0. The largest absolute Gasteiger partial charge is 0.374 e. The third-order valence-electron chi connectivity index (χ3n) is 5.15. The van der Waals surface area contributed by atoms with Crippen LogP contribution in [0.15, 0.2) is 73.2 Å². The zero-order valence-corrected chi connectivity index (χ0v) is 20.4. The van der Waals surface area contributed by atoms with E-state index in [-0.39, 0.29) is 31.5 Å². The van der Waals surface area contributed by atoms with Gasteiger partial charge >= 0.3 is 0 Å². The van der Waals surface area contributed by atoms with E-state index in [1.165, 1.54) is 12.5 Å². The molecule has 0 bridgehead atoms. The molecule has 0 aliphatic rings. The minimum absolute atomic E-state index is 0.0391. The number of anilines is 1. The maximum Gasteiger partial charge on any atom is 0.250 e. The lowest BCUT2D eigenvalue weighted by atomic mass is 10.1. The Hall–Kier alpha value is -4.02. The molecule has 3 rings (SSSR count). The molecule has 3 amide bonds. The molecule has 1 atom stereocenters. The Morgan fingerprint density at radius 2 is 1.67 bits per heavy atom. The molecular formula is C26H32N6O4. The first-order valence-electron chi connectivity index (χ1n) is 11.6. The van der Waals surface area contributed by atoms with E-state index in [4.69, 9.17) is 10.5 Å². The fraction of sp³-hybridized carbons (Fsp3) is 0.308. The van der Waals surface area contributed by atoms with E-state index in [1.807, 2.05) is 60.7 Å². The Bertz CT molecular complexity index is 1140. The van der Waals surface area contributed by atoms with Crippen LogP contribution in [-0.4, -0.2) is 45.5 Å². The Labute approximate surface area is 210 Å². The van der Waals surface area contributed by atoms with Gasteiger partial charge in [0.25, 0.3) is 5.91 Å². The first-order chi connectivity index (χ1) is 17.2. The molecule has 10 nitrogen and oxygen atoms in total. The second-order valence-electron chi connectivity index (χ2n) is 8.93. The smallest absolute Gasteiger partial charge is 0.250 e. The number of carbonyl (C=O) groups excluding carboxylic acids is 3. The summed E-state index contributed by atoms with van der Waals surface area (Å²) >= 11 is 0. The maximum absolute atomic E-state index is 12.9. The first kappa shape index (κ1) is 26.6. The van der Waals surface area contributed by atoms with Crippen molar-refractivity contribution < 1.29 is 19.1 Å². The van der Waals surface area contributed by atoms with E-state index in [9.17, 15) is 14.4 Å². The van der Waals surface area contributed by atoms with E-state index in [2.05, 4.69) is 20.9 Å². The van der Waals surface area contributed by atoms with Crippen molar-refractivity contribution in [1.82, 2.24) is 20.2 Å². The molecule has 0 aliphatic carbocycles. The second-order valence-corrected chi connectivity index (χ2v) is 8.93. The molecule has 10 heteroatoms. The predicted octanol–water partition coefficient (Wildman–Crippen LogP) is 1.58. The highest BCUT2D eigenvalue weighted by Crippen LogP contribution is 2.07. The Balaban J connectivity index is 1.55. The van der Waals surface area contributed by atoms with Gasteiger partial charge in [-0.1, -0.05) is 60.7 Å². The van der Waals surface area contributed by atoms with Gasteiger partial charge < -0.3 is 31.0 Å². The normalized spacial score (nSPS) is 12.0. The van der Waals surface area contributed by atoms with E-state index in [1.54, 1.807) is 18.4 Å². The van der Waals surface area contributed by atoms with Crippen molar-refractivity contribution in [3.05, 3.63) is 84.3 Å². The SMILES string of the molecule is CC(C)(N)C(=O)N[C@H](COCc1ccccc1)C(=O)Nc1cn(CC(=O)NCc2ccccc2)cn1. The fourth-order valence-electron chi connectivity index (χ4n) is 3.14. The lowest BCUT2D eigenvalue weighted by Crippen LogP contribution is -2.56. The van der Waals surface area contributed by atoms with Crippen LogP contribution in [0.4, 0.5) is 5.82 Å². The van der Waals surface area contributed by atoms with Crippen molar-refractivity contribution in [3.63, 3.8) is 0 Å². The topological polar surface area (TPSA) is 140 Å². The predicted molar refractivity (Wildman–Crippen MR) is 135 cm³/mol. The van der Waals surface area contributed by atoms with Gasteiger partial charge in [0.15, 0.2) is 5.82 Å². The quantitative estimate of drug-likeness (QED) is 0.303. The Kier molecular flexibility index (Phi) is 9.32. The molecular weight excluding hydrogens is 460 g/mol. The number of nitrogens with one attached hydrogen (secondary N) is 3. The average Bonchev–Trinajstić information content (AvgIpc) is 3.29. The molecule has 3 aromatic rings. The van der Waals surface area contributed by atoms with Crippen LogP contribution in [0.25, 0.3) is 0 Å². The zero-order valence-electron chi connectivity index (χ0n) is 20.4. The van der Waals surface area contributed by atoms with Crippen LogP contribution in [0.5, 0.6) is 0 Å². The number of amides is 3. The van der Waals surface area contributed by atoms with Gasteiger partial charge in [-0.3, -0.25) is 14.4 Å². The van der Waals surface area contributed by atoms with Crippen molar-refractivity contribution in [1.29, 1.82) is 0 Å². The lowest BCUT2D eigenvalue weighted by Gasteiger charge is -2.23. The first-order valence-corrected chi connectivity index (χ1v) is 11.6. The van der Waals surface area contributed by atoms with Crippen LogP contribution < -0.4 is 21.7 Å². The maximum atomic E-state index is 12.9. The number of ether oxygens (including phenoxy) is 1. The molecule has 1 aromatic heterocycles. The molecule has 0 saturated carbocycles. The number of benzene rings is 2. The minimum Gasteiger partial charge on any atom is -0.374 e. The third kappa shape index (κ3) is 8.64. The molecule has 0 unspecified atom stereocenters. The number of hydrogen-bond donors (Lipinski definition) is 4. The lowest BCUT2D eigenvalue weighted by molar-refractivity contribution is -0.130. The second kappa shape index (κ2) is 12.6. The standard InChI is InChI=1S/C26H32N6O4/c1-26(2,27)25(35)30-21(17-36-16-20-11-7-4-8-12-20)24(34)31-22-14-32(18-29-22)15-23(33)28-13-19-9-5-3-6-10-19/h3-12,14,18,21H,13,15-17,27H2,1-2H3,(H,28,33)(H,30,35)(H,31,34)/t21-/m1/s1. The highest BCUT2D eigenvalue weighted by molar-refractivity contribution is 5.98. The van der Waals surface area contributed by atoms with Gasteiger partial charge in [-0.2, -0.15) is 0 Å². The Morgan fingerprint density at radius 3 is 2.31 bits per heavy atom. The molecule has 1 heterocycles. The molecule has 36 heavy (non-hydrogen) atoms. The molecule has 0 saturated heterocycles. The number of nitrogens with two attached hydrogens (primary N) is 1. The summed E-state index contributed by atoms with van der Waals surface area (Å²) in [6.45, 7) is 3.76. The highest BCUT2D eigenvalue weighted by Gasteiger charge is 2.28. The number of aromatic nitrogens is 2. The average molecular weight is 493 g/mol. The molecule has 0 aliphatic heterocycles. The monoisotopic (exact) mass is 492 g/mol. The number of hydrogen-bond acceptors (Lipinski definition) is 6. The van der Waals surface area contributed by atoms with Crippen molar-refractivity contribution >= 4 is 23.5 Å². The summed E-state index contributed by atoms with van der Waals surface area (Å²) in [5.41, 5.74) is 6.63. The van der Waals surface area contributed by atoms with E-state index < -0.39 is 23.4 Å². The summed E-state index contributed by atoms with van der Waals surface area (Å²) in [4.78, 5) is 41.7. The van der Waals surface area contributed by atoms with Crippen molar-refractivity contribution in [2.75, 3.05) is 11.9 Å². The number of rotatable bonds is 12. The summed E-state index contributed by atoms with van der Waals surface area (Å²) in [6.07, 6.45) is 2.98. The number of imidazole rings is 1. The fourth-order valence-corrected chi connectivity index (χ4v) is 3.14. The third-order valence-corrected chi connectivity index (χ3v) is 5.15. The van der Waals surface area contributed by atoms with Crippen LogP contribution in [0, 0.1) is 0 Å². The molecule has 5 N–H and O–H groups in total. The van der Waals surface area contributed by atoms with Crippen molar-refractivity contribution in [2.24, 2.45) is 5.73 Å². The van der Waals surface area contributed by atoms with E-state index in [0.29, 0.717) is 6.54 Å². The van der Waals surface area contributed by atoms with Crippen LogP contribution in [0.1, 0.15) is 25.0 Å². The highest BCUT2D eigenvalue weighted by atomic mass is 16.5. The van der Waals surface area contributed by atoms with Gasteiger partial charge in [-0.05, 0) is 25.0 Å². The van der Waals surface area contributed by atoms with E-state index in [0.717, 1.165) is 11.1 Å². The van der Waals surface area contributed by atoms with Crippen molar-refractivity contribution in [2.45, 2.75) is 45.1 Å². The van der Waals surface area contributed by atoms with Crippen LogP contribution in [0.2, 0.25) is 0 Å². The number of nitrogens with zero attached hydrogens (tertiary/aromatic N) is 2. The summed E-state index contributed by atoms with van der Waals surface area (Å²) in [5.74, 6) is -0.963. The van der Waals surface area contributed by atoms with Gasteiger partial charge in [0.2, 0.25) is 11.8 Å². The van der Waals surface area contributed by atoms with Gasteiger partial charge in [0, 0.05) is 12.7 Å². The number of carbonyl (C=O) groups is 3. The molecule has 0 spiro atoms. The molecule has 190 valence electrons. The molecule has 0 fully saturated rings. The summed E-state index contributed by atoms with van der Waals surface area (Å²) in [6, 6.07) is 18.1. The van der Waals surface area contributed by atoms with Crippen molar-refractivity contribution in [3.8, 4) is 0 Å². The summed E-state index contributed by atoms with van der Waals surface area (Å²) < 4.78 is 7.23. The van der Waals surface area contributed by atoms with Gasteiger partial charge in [-0.25, -0.2) is 4.98 Å². The van der Waals surface area contributed by atoms with Crippen LogP contribution in [0.3, 0.4) is 0 Å².